The smallest absolute Gasteiger partial charge is 0.422 e. The zero-order chi connectivity index (χ0) is 16.4. The summed E-state index contributed by atoms with van der Waals surface area (Å²) in [6.45, 7) is 0. The van der Waals surface area contributed by atoms with Gasteiger partial charge in [0.2, 0.25) is 0 Å². The van der Waals surface area contributed by atoms with Crippen molar-refractivity contribution in [2.45, 2.75) is 6.18 Å². The minimum Gasteiger partial charge on any atom is -0.497 e. The van der Waals surface area contributed by atoms with Crippen LogP contribution < -0.4 is 4.74 Å². The van der Waals surface area contributed by atoms with Crippen LogP contribution in [0, 0.1) is 0 Å². The number of hydrogen-bond donors (Lipinski definition) is 0. The Balaban J connectivity index is 2.16. The van der Waals surface area contributed by atoms with E-state index >= 15 is 0 Å². The van der Waals surface area contributed by atoms with Crippen molar-refractivity contribution in [3.8, 4) is 28.3 Å². The highest BCUT2D eigenvalue weighted by Gasteiger charge is 2.41. The molecule has 6 heteroatoms. The van der Waals surface area contributed by atoms with Crippen molar-refractivity contribution in [2.75, 3.05) is 7.11 Å². The molecule has 1 aromatic heterocycles. The van der Waals surface area contributed by atoms with Crippen LogP contribution in [-0.2, 0) is 6.18 Å². The first-order valence-electron chi connectivity index (χ1n) is 6.77. The molecule has 0 fully saturated rings. The van der Waals surface area contributed by atoms with Crippen LogP contribution in [0.5, 0.6) is 5.75 Å². The van der Waals surface area contributed by atoms with Crippen molar-refractivity contribution in [2.24, 2.45) is 0 Å². The lowest BCUT2D eigenvalue weighted by atomic mass is 10.0. The number of aromatic nitrogens is 1. The maximum absolute atomic E-state index is 13.5. The molecule has 23 heavy (non-hydrogen) atoms. The summed E-state index contributed by atoms with van der Waals surface area (Å²) in [5.41, 5.74) is -0.464. The summed E-state index contributed by atoms with van der Waals surface area (Å²) in [6, 6.07) is 14.3. The van der Waals surface area contributed by atoms with Crippen LogP contribution in [0.2, 0.25) is 0 Å². The summed E-state index contributed by atoms with van der Waals surface area (Å²) < 4.78 is 50.6. The van der Waals surface area contributed by atoms with Gasteiger partial charge < -0.3 is 9.26 Å². The van der Waals surface area contributed by atoms with Crippen LogP contribution in [0.4, 0.5) is 13.2 Å². The zero-order valence-electron chi connectivity index (χ0n) is 12.1. The number of benzene rings is 2. The Kier molecular flexibility index (Phi) is 3.82. The fraction of sp³-hybridized carbons (Fsp3) is 0.118. The Bertz CT molecular complexity index is 793. The second kappa shape index (κ2) is 5.79. The first-order valence-corrected chi connectivity index (χ1v) is 6.77. The zero-order valence-corrected chi connectivity index (χ0v) is 12.1. The second-order valence-electron chi connectivity index (χ2n) is 4.83. The van der Waals surface area contributed by atoms with Gasteiger partial charge in [0.05, 0.1) is 7.11 Å². The number of methoxy groups -OCH3 is 1. The molecule has 0 bridgehead atoms. The number of ether oxygens (including phenoxy) is 1. The molecule has 0 saturated carbocycles. The number of rotatable bonds is 3. The third kappa shape index (κ3) is 2.92. The summed E-state index contributed by atoms with van der Waals surface area (Å²) in [5, 5.41) is 3.65. The maximum Gasteiger partial charge on any atom is 0.422 e. The lowest BCUT2D eigenvalue weighted by Crippen LogP contribution is -2.07. The first kappa shape index (κ1) is 15.1. The van der Waals surface area contributed by atoms with Gasteiger partial charge in [-0.1, -0.05) is 35.5 Å². The molecule has 0 aliphatic carbocycles. The summed E-state index contributed by atoms with van der Waals surface area (Å²) in [6.07, 6.45) is -4.58. The molecule has 0 spiro atoms. The number of hydrogen-bond acceptors (Lipinski definition) is 3. The molecular formula is C17H12F3NO2. The van der Waals surface area contributed by atoms with E-state index in [1.54, 1.807) is 42.5 Å². The third-order valence-corrected chi connectivity index (χ3v) is 3.37. The average molecular weight is 319 g/mol. The van der Waals surface area contributed by atoms with E-state index in [9.17, 15) is 13.2 Å². The second-order valence-corrected chi connectivity index (χ2v) is 4.83. The summed E-state index contributed by atoms with van der Waals surface area (Å²) in [4.78, 5) is 0. The van der Waals surface area contributed by atoms with E-state index in [4.69, 9.17) is 9.26 Å². The number of alkyl halides is 3. The van der Waals surface area contributed by atoms with Crippen molar-refractivity contribution >= 4 is 0 Å². The molecule has 0 amide bonds. The van der Waals surface area contributed by atoms with Crippen LogP contribution in [-0.4, -0.2) is 12.3 Å². The number of halogens is 3. The van der Waals surface area contributed by atoms with E-state index in [-0.39, 0.29) is 17.0 Å². The van der Waals surface area contributed by atoms with Crippen LogP contribution in [0.1, 0.15) is 5.56 Å². The minimum atomic E-state index is -4.58. The van der Waals surface area contributed by atoms with Crippen molar-refractivity contribution in [3.63, 3.8) is 0 Å². The van der Waals surface area contributed by atoms with Crippen LogP contribution in [0.25, 0.3) is 22.6 Å². The minimum absolute atomic E-state index is 0.219. The molecule has 3 nitrogen and oxygen atoms in total. The molecular weight excluding hydrogens is 307 g/mol. The van der Waals surface area contributed by atoms with E-state index in [0.717, 1.165) is 0 Å². The molecule has 0 aliphatic heterocycles. The van der Waals surface area contributed by atoms with Gasteiger partial charge in [0.25, 0.3) is 0 Å². The van der Waals surface area contributed by atoms with Crippen molar-refractivity contribution in [1.82, 2.24) is 5.16 Å². The molecule has 0 N–H and O–H groups in total. The quantitative estimate of drug-likeness (QED) is 0.678. The Hall–Kier alpha value is -2.76. The van der Waals surface area contributed by atoms with Gasteiger partial charge in [-0.3, -0.25) is 0 Å². The standard InChI is InChI=1S/C17H12F3NO2/c1-22-13-9-7-12(8-10-13)16-14(17(18,19)20)15(21-23-16)11-5-3-2-4-6-11/h2-10H,1H3. The summed E-state index contributed by atoms with van der Waals surface area (Å²) in [5.74, 6) is 0.240. The van der Waals surface area contributed by atoms with Gasteiger partial charge in [-0.25, -0.2) is 0 Å². The molecule has 0 aliphatic rings. The highest BCUT2D eigenvalue weighted by Crippen LogP contribution is 2.43. The molecule has 3 aromatic rings. The molecule has 3 rings (SSSR count). The van der Waals surface area contributed by atoms with E-state index in [2.05, 4.69) is 5.16 Å². The van der Waals surface area contributed by atoms with E-state index in [1.807, 2.05) is 0 Å². The fourth-order valence-electron chi connectivity index (χ4n) is 2.29. The van der Waals surface area contributed by atoms with E-state index in [1.165, 1.54) is 19.2 Å². The van der Waals surface area contributed by atoms with Gasteiger partial charge in [0, 0.05) is 11.1 Å². The molecule has 0 radical (unpaired) electrons. The van der Waals surface area contributed by atoms with Gasteiger partial charge in [-0.2, -0.15) is 13.2 Å². The van der Waals surface area contributed by atoms with Crippen LogP contribution in [0.15, 0.2) is 59.1 Å². The largest absolute Gasteiger partial charge is 0.497 e. The van der Waals surface area contributed by atoms with Gasteiger partial charge >= 0.3 is 6.18 Å². The predicted octanol–water partition coefficient (Wildman–Crippen LogP) is 5.04. The lowest BCUT2D eigenvalue weighted by molar-refractivity contribution is -0.136. The monoisotopic (exact) mass is 319 g/mol. The maximum atomic E-state index is 13.5. The molecule has 1 heterocycles. The summed E-state index contributed by atoms with van der Waals surface area (Å²) in [7, 11) is 1.48. The van der Waals surface area contributed by atoms with Crippen LogP contribution in [0.3, 0.4) is 0 Å². The highest BCUT2D eigenvalue weighted by molar-refractivity contribution is 5.73. The SMILES string of the molecule is COc1ccc(-c2onc(-c3ccccc3)c2C(F)(F)F)cc1. The number of nitrogens with zero attached hydrogens (tertiary/aromatic N) is 1. The Morgan fingerprint density at radius 3 is 2.13 bits per heavy atom. The lowest BCUT2D eigenvalue weighted by Gasteiger charge is -2.08. The van der Waals surface area contributed by atoms with Crippen molar-refractivity contribution in [1.29, 1.82) is 0 Å². The Morgan fingerprint density at radius 1 is 0.913 bits per heavy atom. The molecule has 0 atom stereocenters. The topological polar surface area (TPSA) is 35.3 Å². The van der Waals surface area contributed by atoms with Gasteiger partial charge in [-0.15, -0.1) is 0 Å². The van der Waals surface area contributed by atoms with Gasteiger partial charge in [-0.05, 0) is 24.3 Å². The first-order chi connectivity index (χ1) is 11.0. The summed E-state index contributed by atoms with van der Waals surface area (Å²) >= 11 is 0. The third-order valence-electron chi connectivity index (χ3n) is 3.37. The Morgan fingerprint density at radius 2 is 1.57 bits per heavy atom. The molecule has 118 valence electrons. The van der Waals surface area contributed by atoms with E-state index in [0.29, 0.717) is 11.3 Å². The van der Waals surface area contributed by atoms with Crippen LogP contribution >= 0.6 is 0 Å². The van der Waals surface area contributed by atoms with Gasteiger partial charge in [0.15, 0.2) is 5.76 Å². The Labute approximate surface area is 130 Å². The molecule has 2 aromatic carbocycles. The van der Waals surface area contributed by atoms with Gasteiger partial charge in [0.1, 0.15) is 17.0 Å². The normalized spacial score (nSPS) is 11.5. The van der Waals surface area contributed by atoms with Crippen molar-refractivity contribution < 1.29 is 22.4 Å². The molecule has 0 unspecified atom stereocenters. The highest BCUT2D eigenvalue weighted by atomic mass is 19.4. The van der Waals surface area contributed by atoms with E-state index < -0.39 is 11.7 Å². The fourth-order valence-corrected chi connectivity index (χ4v) is 2.29. The predicted molar refractivity (Wildman–Crippen MR) is 78.9 cm³/mol. The molecule has 0 saturated heterocycles. The average Bonchev–Trinajstić information content (AvgIpc) is 3.01. The van der Waals surface area contributed by atoms with Crippen molar-refractivity contribution in [3.05, 3.63) is 60.2 Å².